The Hall–Kier alpha value is -1.56. The first-order valence-electron chi connectivity index (χ1n) is 6.36. The summed E-state index contributed by atoms with van der Waals surface area (Å²) in [6.07, 6.45) is 2.01. The molecule has 0 radical (unpaired) electrons. The number of aliphatic carboxylic acids is 1. The summed E-state index contributed by atoms with van der Waals surface area (Å²) < 4.78 is 0. The van der Waals surface area contributed by atoms with Crippen LogP contribution in [0, 0.1) is 0 Å². The molecule has 0 bridgehead atoms. The highest BCUT2D eigenvalue weighted by Crippen LogP contribution is 2.28. The van der Waals surface area contributed by atoms with Crippen LogP contribution in [0.1, 0.15) is 31.7 Å². The summed E-state index contributed by atoms with van der Waals surface area (Å²) in [5.41, 5.74) is 1.12. The Balaban J connectivity index is 1.91. The SMILES string of the molecule is CC(CC(=O)O)NC(=O)N(Cc1ccsc1)C1CC1. The Morgan fingerprint density at radius 2 is 2.32 bits per heavy atom. The molecular formula is C13H18N2O3S. The lowest BCUT2D eigenvalue weighted by atomic mass is 10.2. The fourth-order valence-electron chi connectivity index (χ4n) is 1.94. The van der Waals surface area contributed by atoms with Gasteiger partial charge in [0.25, 0.3) is 0 Å². The van der Waals surface area contributed by atoms with Gasteiger partial charge in [0.1, 0.15) is 0 Å². The summed E-state index contributed by atoms with van der Waals surface area (Å²) >= 11 is 1.61. The number of thiophene rings is 1. The van der Waals surface area contributed by atoms with Gasteiger partial charge in [0.15, 0.2) is 0 Å². The van der Waals surface area contributed by atoms with Crippen LogP contribution >= 0.6 is 11.3 Å². The Morgan fingerprint density at radius 3 is 2.84 bits per heavy atom. The second-order valence-corrected chi connectivity index (χ2v) is 5.72. The summed E-state index contributed by atoms with van der Waals surface area (Å²) in [6.45, 7) is 2.31. The largest absolute Gasteiger partial charge is 0.481 e. The maximum atomic E-state index is 12.2. The zero-order valence-electron chi connectivity index (χ0n) is 10.8. The van der Waals surface area contributed by atoms with E-state index in [0.29, 0.717) is 12.6 Å². The van der Waals surface area contributed by atoms with Crippen molar-refractivity contribution in [2.45, 2.75) is 44.8 Å². The molecule has 2 N–H and O–H groups in total. The third kappa shape index (κ3) is 4.24. The molecule has 1 heterocycles. The number of urea groups is 1. The van der Waals surface area contributed by atoms with Gasteiger partial charge < -0.3 is 15.3 Å². The van der Waals surface area contributed by atoms with E-state index < -0.39 is 5.97 Å². The summed E-state index contributed by atoms with van der Waals surface area (Å²) in [4.78, 5) is 24.6. The minimum Gasteiger partial charge on any atom is -0.481 e. The molecule has 0 saturated heterocycles. The van der Waals surface area contributed by atoms with Crippen LogP contribution in [0.15, 0.2) is 16.8 Å². The third-order valence-electron chi connectivity index (χ3n) is 3.03. The van der Waals surface area contributed by atoms with Crippen LogP contribution in [-0.4, -0.2) is 34.1 Å². The van der Waals surface area contributed by atoms with Gasteiger partial charge in [-0.25, -0.2) is 4.79 Å². The van der Waals surface area contributed by atoms with Gasteiger partial charge in [-0.2, -0.15) is 11.3 Å². The number of nitrogens with zero attached hydrogens (tertiary/aromatic N) is 1. The monoisotopic (exact) mass is 282 g/mol. The Kier molecular flexibility index (Phi) is 4.42. The summed E-state index contributed by atoms with van der Waals surface area (Å²) in [5, 5.41) is 15.5. The third-order valence-corrected chi connectivity index (χ3v) is 3.76. The molecule has 1 saturated carbocycles. The molecule has 1 aliphatic rings. The van der Waals surface area contributed by atoms with Crippen LogP contribution < -0.4 is 5.32 Å². The van der Waals surface area contributed by atoms with Crippen molar-refractivity contribution in [3.8, 4) is 0 Å². The normalized spacial score (nSPS) is 15.8. The first-order chi connectivity index (χ1) is 9.06. The Bertz CT molecular complexity index is 443. The molecule has 1 aliphatic carbocycles. The molecule has 0 spiro atoms. The zero-order chi connectivity index (χ0) is 13.8. The minimum absolute atomic E-state index is 0.0529. The number of rotatable bonds is 6. The highest BCUT2D eigenvalue weighted by atomic mass is 32.1. The first-order valence-corrected chi connectivity index (χ1v) is 7.30. The minimum atomic E-state index is -0.899. The van der Waals surface area contributed by atoms with Crippen LogP contribution in [0.25, 0.3) is 0 Å². The van der Waals surface area contributed by atoms with Crippen LogP contribution in [0.4, 0.5) is 4.79 Å². The van der Waals surface area contributed by atoms with Gasteiger partial charge in [-0.1, -0.05) is 0 Å². The molecule has 104 valence electrons. The van der Waals surface area contributed by atoms with Gasteiger partial charge in [0.2, 0.25) is 0 Å². The molecule has 2 rings (SSSR count). The standard InChI is InChI=1S/C13H18N2O3S/c1-9(6-12(16)17)14-13(18)15(11-2-3-11)7-10-4-5-19-8-10/h4-5,8-9,11H,2-3,6-7H2,1H3,(H,14,18)(H,16,17). The number of hydrogen-bond acceptors (Lipinski definition) is 3. The molecule has 1 fully saturated rings. The fraction of sp³-hybridized carbons (Fsp3) is 0.538. The van der Waals surface area contributed by atoms with Crippen LogP contribution in [-0.2, 0) is 11.3 Å². The van der Waals surface area contributed by atoms with E-state index in [1.807, 2.05) is 16.8 Å². The van der Waals surface area contributed by atoms with Crippen LogP contribution in [0.5, 0.6) is 0 Å². The van der Waals surface area contributed by atoms with Crippen LogP contribution in [0.3, 0.4) is 0 Å². The van der Waals surface area contributed by atoms with E-state index in [1.165, 1.54) is 0 Å². The zero-order valence-corrected chi connectivity index (χ0v) is 11.7. The number of hydrogen-bond donors (Lipinski definition) is 2. The topological polar surface area (TPSA) is 69.6 Å². The van der Waals surface area contributed by atoms with Crippen molar-refractivity contribution in [1.82, 2.24) is 10.2 Å². The molecule has 1 aromatic heterocycles. The average molecular weight is 282 g/mol. The smallest absolute Gasteiger partial charge is 0.318 e. The number of carboxylic acid groups (broad SMARTS) is 1. The van der Waals surface area contributed by atoms with E-state index in [2.05, 4.69) is 5.32 Å². The second-order valence-electron chi connectivity index (χ2n) is 4.94. The lowest BCUT2D eigenvalue weighted by Gasteiger charge is -2.24. The Labute approximate surface area is 116 Å². The number of nitrogens with one attached hydrogen (secondary N) is 1. The predicted molar refractivity (Wildman–Crippen MR) is 73.1 cm³/mol. The van der Waals surface area contributed by atoms with Gasteiger partial charge in [-0.15, -0.1) is 0 Å². The Morgan fingerprint density at radius 1 is 1.58 bits per heavy atom. The molecule has 2 amide bonds. The summed E-state index contributed by atoms with van der Waals surface area (Å²) in [5.74, 6) is -0.899. The van der Waals surface area contributed by atoms with Crippen molar-refractivity contribution in [2.24, 2.45) is 0 Å². The van der Waals surface area contributed by atoms with E-state index in [4.69, 9.17) is 5.11 Å². The van der Waals surface area contributed by atoms with E-state index in [9.17, 15) is 9.59 Å². The van der Waals surface area contributed by atoms with E-state index in [1.54, 1.807) is 23.2 Å². The average Bonchev–Trinajstić information content (AvgIpc) is 3.02. The maximum Gasteiger partial charge on any atom is 0.318 e. The molecule has 5 nitrogen and oxygen atoms in total. The van der Waals surface area contributed by atoms with Crippen molar-refractivity contribution < 1.29 is 14.7 Å². The predicted octanol–water partition coefficient (Wildman–Crippen LogP) is 2.29. The van der Waals surface area contributed by atoms with Gasteiger partial charge in [0.05, 0.1) is 6.42 Å². The van der Waals surface area contributed by atoms with Gasteiger partial charge in [0, 0.05) is 18.6 Å². The molecule has 1 unspecified atom stereocenters. The number of carboxylic acids is 1. The summed E-state index contributed by atoms with van der Waals surface area (Å²) in [7, 11) is 0. The molecule has 6 heteroatoms. The van der Waals surface area contributed by atoms with Crippen LogP contribution in [0.2, 0.25) is 0 Å². The van der Waals surface area contributed by atoms with E-state index in [0.717, 1.165) is 18.4 Å². The van der Waals surface area contributed by atoms with E-state index >= 15 is 0 Å². The summed E-state index contributed by atoms with van der Waals surface area (Å²) in [6, 6.07) is 1.79. The van der Waals surface area contributed by atoms with Gasteiger partial charge in [-0.05, 0) is 42.2 Å². The second kappa shape index (κ2) is 6.06. The van der Waals surface area contributed by atoms with Crippen molar-refractivity contribution in [2.75, 3.05) is 0 Å². The van der Waals surface area contributed by atoms with Crippen molar-refractivity contribution in [3.05, 3.63) is 22.4 Å². The molecule has 1 aromatic rings. The molecule has 1 atom stereocenters. The maximum absolute atomic E-state index is 12.2. The van der Waals surface area contributed by atoms with Gasteiger partial charge in [-0.3, -0.25) is 4.79 Å². The lowest BCUT2D eigenvalue weighted by molar-refractivity contribution is -0.137. The molecular weight excluding hydrogens is 264 g/mol. The highest BCUT2D eigenvalue weighted by molar-refractivity contribution is 7.07. The highest BCUT2D eigenvalue weighted by Gasteiger charge is 2.33. The van der Waals surface area contributed by atoms with Crippen molar-refractivity contribution in [1.29, 1.82) is 0 Å². The number of carbonyl (C=O) groups is 2. The first kappa shape index (κ1) is 13.9. The molecule has 0 aromatic carbocycles. The van der Waals surface area contributed by atoms with Crippen molar-refractivity contribution in [3.63, 3.8) is 0 Å². The number of amides is 2. The molecule has 0 aliphatic heterocycles. The number of carbonyl (C=O) groups excluding carboxylic acids is 1. The quantitative estimate of drug-likeness (QED) is 0.841. The molecule has 19 heavy (non-hydrogen) atoms. The van der Waals surface area contributed by atoms with Crippen molar-refractivity contribution >= 4 is 23.3 Å². The fourth-order valence-corrected chi connectivity index (χ4v) is 2.60. The lowest BCUT2D eigenvalue weighted by Crippen LogP contribution is -2.45. The van der Waals surface area contributed by atoms with Gasteiger partial charge >= 0.3 is 12.0 Å². The van der Waals surface area contributed by atoms with E-state index in [-0.39, 0.29) is 18.5 Å².